The molecule has 6 heteroatoms. The van der Waals surface area contributed by atoms with Gasteiger partial charge in [-0.25, -0.2) is 0 Å². The van der Waals surface area contributed by atoms with Crippen LogP contribution in [0, 0.1) is 11.8 Å². The van der Waals surface area contributed by atoms with E-state index in [9.17, 15) is 14.7 Å². The number of carbonyl (C=O) groups is 1. The molecule has 0 aliphatic carbocycles. The van der Waals surface area contributed by atoms with Gasteiger partial charge in [-0.15, -0.1) is 0 Å². The van der Waals surface area contributed by atoms with E-state index in [-0.39, 0.29) is 42.0 Å². The summed E-state index contributed by atoms with van der Waals surface area (Å²) in [6.07, 6.45) is 0.871. The Hall–Kier alpha value is -2.44. The average molecular weight is 393 g/mol. The second-order valence-electron chi connectivity index (χ2n) is 8.41. The first-order valence-electron chi connectivity index (χ1n) is 10.6. The van der Waals surface area contributed by atoms with Crippen molar-refractivity contribution in [3.05, 3.63) is 69.6 Å². The smallest absolute Gasteiger partial charge is 0.250 e. The molecule has 2 aromatic rings. The number of carbonyl (C=O) groups excluding carboxylic acids is 1. The second-order valence-corrected chi connectivity index (χ2v) is 8.41. The van der Waals surface area contributed by atoms with Gasteiger partial charge in [0.25, 0.3) is 5.56 Å². The number of aromatic nitrogens is 1. The van der Waals surface area contributed by atoms with Crippen molar-refractivity contribution in [2.45, 2.75) is 38.5 Å². The number of benzene rings is 1. The van der Waals surface area contributed by atoms with Gasteiger partial charge in [-0.2, -0.15) is 0 Å². The Labute approximate surface area is 170 Å². The lowest BCUT2D eigenvalue weighted by Crippen LogP contribution is -2.51. The number of likely N-dealkylation sites (N-methyl/N-ethyl adjacent to an activating group) is 1. The van der Waals surface area contributed by atoms with Gasteiger partial charge >= 0.3 is 0 Å². The highest BCUT2D eigenvalue weighted by atomic mass is 16.3. The SMILES string of the molecule is CCN1[C@H](C(=O)N2CCc3ccccc3C2)[C@@H](CO)[C@@H]2Cn3c(cccc3=O)[C@@H]21. The van der Waals surface area contributed by atoms with E-state index in [4.69, 9.17) is 0 Å². The number of likely N-dealkylation sites (tertiary alicyclic amines) is 1. The van der Waals surface area contributed by atoms with Gasteiger partial charge in [0.2, 0.25) is 5.91 Å². The molecule has 5 rings (SSSR count). The molecule has 0 saturated carbocycles. The zero-order valence-electron chi connectivity index (χ0n) is 16.7. The van der Waals surface area contributed by atoms with Crippen molar-refractivity contribution in [2.75, 3.05) is 19.7 Å². The number of nitrogens with zero attached hydrogens (tertiary/aromatic N) is 3. The number of aliphatic hydroxyl groups is 1. The molecular weight excluding hydrogens is 366 g/mol. The van der Waals surface area contributed by atoms with Gasteiger partial charge in [0.1, 0.15) is 0 Å². The van der Waals surface area contributed by atoms with Crippen LogP contribution in [0.3, 0.4) is 0 Å². The van der Waals surface area contributed by atoms with E-state index in [1.54, 1.807) is 12.1 Å². The summed E-state index contributed by atoms with van der Waals surface area (Å²) in [5.74, 6) is 0.0321. The van der Waals surface area contributed by atoms with Crippen LogP contribution in [-0.4, -0.2) is 51.1 Å². The predicted octanol–water partition coefficient (Wildman–Crippen LogP) is 1.42. The summed E-state index contributed by atoms with van der Waals surface area (Å²) in [7, 11) is 0. The van der Waals surface area contributed by atoms with Crippen molar-refractivity contribution in [3.63, 3.8) is 0 Å². The second kappa shape index (κ2) is 7.11. The van der Waals surface area contributed by atoms with Gasteiger partial charge < -0.3 is 14.6 Å². The fourth-order valence-corrected chi connectivity index (χ4v) is 5.78. The van der Waals surface area contributed by atoms with Crippen molar-refractivity contribution in [1.29, 1.82) is 0 Å². The van der Waals surface area contributed by atoms with E-state index in [1.165, 1.54) is 11.1 Å². The van der Waals surface area contributed by atoms with Crippen LogP contribution in [0.15, 0.2) is 47.3 Å². The fourth-order valence-electron chi connectivity index (χ4n) is 5.78. The molecule has 1 N–H and O–H groups in total. The lowest BCUT2D eigenvalue weighted by atomic mass is 9.87. The largest absolute Gasteiger partial charge is 0.396 e. The Kier molecular flexibility index (Phi) is 4.56. The maximum absolute atomic E-state index is 13.7. The molecule has 3 aliphatic heterocycles. The summed E-state index contributed by atoms with van der Waals surface area (Å²) < 4.78 is 1.82. The van der Waals surface area contributed by atoms with E-state index in [0.29, 0.717) is 26.2 Å². The van der Waals surface area contributed by atoms with Gasteiger partial charge in [-0.3, -0.25) is 14.5 Å². The highest BCUT2D eigenvalue weighted by Crippen LogP contribution is 2.49. The molecule has 0 bridgehead atoms. The average Bonchev–Trinajstić information content (AvgIpc) is 3.28. The van der Waals surface area contributed by atoms with E-state index >= 15 is 0 Å². The third-order valence-corrected chi connectivity index (χ3v) is 7.13. The molecule has 1 saturated heterocycles. The van der Waals surface area contributed by atoms with Crippen LogP contribution in [-0.2, 0) is 24.3 Å². The van der Waals surface area contributed by atoms with Crippen molar-refractivity contribution in [2.24, 2.45) is 11.8 Å². The molecular formula is C23H27N3O3. The number of hydrogen-bond donors (Lipinski definition) is 1. The molecule has 152 valence electrons. The van der Waals surface area contributed by atoms with Crippen LogP contribution >= 0.6 is 0 Å². The number of rotatable bonds is 3. The summed E-state index contributed by atoms with van der Waals surface area (Å²) in [5.41, 5.74) is 3.51. The van der Waals surface area contributed by atoms with E-state index in [1.807, 2.05) is 21.6 Å². The first-order chi connectivity index (χ1) is 14.1. The van der Waals surface area contributed by atoms with Crippen LogP contribution < -0.4 is 5.56 Å². The Balaban J connectivity index is 1.47. The molecule has 1 fully saturated rings. The van der Waals surface area contributed by atoms with E-state index < -0.39 is 0 Å². The molecule has 0 radical (unpaired) electrons. The zero-order valence-corrected chi connectivity index (χ0v) is 16.7. The number of fused-ring (bicyclic) bond motifs is 4. The minimum absolute atomic E-state index is 0.000145. The normalized spacial score (nSPS) is 28.1. The Morgan fingerprint density at radius 3 is 2.69 bits per heavy atom. The summed E-state index contributed by atoms with van der Waals surface area (Å²) in [5, 5.41) is 10.3. The molecule has 0 spiro atoms. The summed E-state index contributed by atoms with van der Waals surface area (Å²) >= 11 is 0. The van der Waals surface area contributed by atoms with Gasteiger partial charge in [0.15, 0.2) is 0 Å². The van der Waals surface area contributed by atoms with Gasteiger partial charge in [-0.1, -0.05) is 37.3 Å². The molecule has 4 atom stereocenters. The quantitative estimate of drug-likeness (QED) is 0.857. The third kappa shape index (κ3) is 2.77. The Morgan fingerprint density at radius 1 is 1.14 bits per heavy atom. The third-order valence-electron chi connectivity index (χ3n) is 7.13. The Bertz CT molecular complexity index is 1000. The van der Waals surface area contributed by atoms with Gasteiger partial charge in [0.05, 0.1) is 12.1 Å². The summed E-state index contributed by atoms with van der Waals surface area (Å²) in [6.45, 7) is 4.66. The van der Waals surface area contributed by atoms with Crippen LogP contribution in [0.5, 0.6) is 0 Å². The molecule has 1 amide bonds. The van der Waals surface area contributed by atoms with Crippen molar-refractivity contribution >= 4 is 5.91 Å². The monoisotopic (exact) mass is 393 g/mol. The number of amides is 1. The van der Waals surface area contributed by atoms with Gasteiger partial charge in [0, 0.05) is 49.8 Å². The van der Waals surface area contributed by atoms with E-state index in [0.717, 1.165) is 12.1 Å². The van der Waals surface area contributed by atoms with Crippen molar-refractivity contribution in [1.82, 2.24) is 14.4 Å². The highest BCUT2D eigenvalue weighted by Gasteiger charge is 2.55. The molecule has 1 aromatic carbocycles. The van der Waals surface area contributed by atoms with Crippen LogP contribution in [0.2, 0.25) is 0 Å². The topological polar surface area (TPSA) is 65.8 Å². The van der Waals surface area contributed by atoms with Crippen LogP contribution in [0.1, 0.15) is 29.8 Å². The van der Waals surface area contributed by atoms with Crippen molar-refractivity contribution < 1.29 is 9.90 Å². The predicted molar refractivity (Wildman–Crippen MR) is 109 cm³/mol. The molecule has 3 aliphatic rings. The fraction of sp³-hybridized carbons (Fsp3) is 0.478. The van der Waals surface area contributed by atoms with E-state index in [2.05, 4.69) is 30.0 Å². The minimum Gasteiger partial charge on any atom is -0.396 e. The van der Waals surface area contributed by atoms with Crippen LogP contribution in [0.4, 0.5) is 0 Å². The lowest BCUT2D eigenvalue weighted by Gasteiger charge is -2.36. The summed E-state index contributed by atoms with van der Waals surface area (Å²) in [6, 6.07) is 13.4. The first-order valence-corrected chi connectivity index (χ1v) is 10.6. The summed E-state index contributed by atoms with van der Waals surface area (Å²) in [4.78, 5) is 30.2. The molecule has 0 unspecified atom stereocenters. The number of hydrogen-bond acceptors (Lipinski definition) is 4. The maximum Gasteiger partial charge on any atom is 0.250 e. The standard InChI is InChI=1S/C23H27N3O3/c1-2-25-21-17(13-26-19(21)8-5-9-20(26)28)18(14-27)22(25)23(29)24-11-10-15-6-3-4-7-16(15)12-24/h3-9,17-18,21-22,27H,2,10-14H2,1H3/t17-,18-,21+,22-/m0/s1. The van der Waals surface area contributed by atoms with Crippen molar-refractivity contribution in [3.8, 4) is 0 Å². The molecule has 6 nitrogen and oxygen atoms in total. The minimum atomic E-state index is -0.339. The zero-order chi connectivity index (χ0) is 20.1. The molecule has 1 aromatic heterocycles. The molecule has 4 heterocycles. The lowest BCUT2D eigenvalue weighted by molar-refractivity contribution is -0.139. The van der Waals surface area contributed by atoms with Gasteiger partial charge in [-0.05, 0) is 30.2 Å². The molecule has 29 heavy (non-hydrogen) atoms. The highest BCUT2D eigenvalue weighted by molar-refractivity contribution is 5.83. The number of aliphatic hydroxyl groups excluding tert-OH is 1. The van der Waals surface area contributed by atoms with Crippen LogP contribution in [0.25, 0.3) is 0 Å². The maximum atomic E-state index is 13.7. The Morgan fingerprint density at radius 2 is 1.93 bits per heavy atom. The first kappa shape index (κ1) is 18.6. The number of pyridine rings is 1.